The lowest BCUT2D eigenvalue weighted by molar-refractivity contribution is -0.143. The Bertz CT molecular complexity index is 407. The van der Waals surface area contributed by atoms with Crippen molar-refractivity contribution in [2.45, 2.75) is 36.6 Å². The van der Waals surface area contributed by atoms with Crippen LogP contribution in [0.2, 0.25) is 0 Å². The normalized spacial score (nSPS) is 12.0. The van der Waals surface area contributed by atoms with Crippen molar-refractivity contribution in [2.24, 2.45) is 0 Å². The molecule has 134 valence electrons. The van der Waals surface area contributed by atoms with Gasteiger partial charge in [0, 0.05) is 6.42 Å². The Morgan fingerprint density at radius 1 is 0.957 bits per heavy atom. The molecule has 0 aliphatic carbocycles. The fourth-order valence-electron chi connectivity index (χ4n) is 1.24. The molecule has 0 bridgehead atoms. The number of alkyl halides is 6. The second kappa shape index (κ2) is 11.1. The van der Waals surface area contributed by atoms with Gasteiger partial charge in [-0.15, -0.1) is 0 Å². The summed E-state index contributed by atoms with van der Waals surface area (Å²) >= 11 is 18.6. The molecular weight excluding hydrogens is 704 g/mol. The van der Waals surface area contributed by atoms with E-state index in [4.69, 9.17) is 4.74 Å². The molecule has 0 saturated heterocycles. The summed E-state index contributed by atoms with van der Waals surface area (Å²) in [5.41, 5.74) is 0. The maximum atomic E-state index is 12.0. The van der Waals surface area contributed by atoms with Gasteiger partial charge in [-0.25, -0.2) is 0 Å². The second-order valence-corrected chi connectivity index (χ2v) is 17.7. The molecule has 0 rings (SSSR count). The van der Waals surface area contributed by atoms with Gasteiger partial charge in [-0.3, -0.25) is 14.4 Å². The lowest BCUT2D eigenvalue weighted by atomic mass is 10.2. The monoisotopic (exact) mass is 712 g/mol. The van der Waals surface area contributed by atoms with E-state index < -0.39 is 22.3 Å². The van der Waals surface area contributed by atoms with Crippen LogP contribution in [0, 0.1) is 0 Å². The van der Waals surface area contributed by atoms with Gasteiger partial charge in [0.2, 0.25) is 4.29 Å². The topological polar surface area (TPSA) is 84.5 Å². The Kier molecular flexibility index (Phi) is 11.7. The molecule has 12 heteroatoms. The first kappa shape index (κ1) is 24.3. The number of carbonyl (C=O) groups is 3. The van der Waals surface area contributed by atoms with E-state index in [1.165, 1.54) is 0 Å². The highest BCUT2D eigenvalue weighted by molar-refractivity contribution is 9.40. The third-order valence-electron chi connectivity index (χ3n) is 2.31. The third-order valence-corrected chi connectivity index (χ3v) is 4.48. The second-order valence-electron chi connectivity index (χ2n) is 4.21. The number of hydrogen-bond acceptors (Lipinski definition) is 4. The number of esters is 1. The quantitative estimate of drug-likeness (QED) is 0.181. The lowest BCUT2D eigenvalue weighted by Gasteiger charge is -2.24. The van der Waals surface area contributed by atoms with E-state index in [-0.39, 0.29) is 12.6 Å². The summed E-state index contributed by atoms with van der Waals surface area (Å²) in [5.74, 6) is -1.16. The molecule has 0 saturated carbocycles. The van der Waals surface area contributed by atoms with Crippen molar-refractivity contribution >= 4 is 113 Å². The van der Waals surface area contributed by atoms with Gasteiger partial charge in [0.1, 0.15) is 6.17 Å². The Balaban J connectivity index is 4.65. The molecule has 0 aromatic carbocycles. The molecule has 6 nitrogen and oxygen atoms in total. The zero-order chi connectivity index (χ0) is 18.3. The molecule has 0 aromatic heterocycles. The van der Waals surface area contributed by atoms with Crippen LogP contribution in [0.5, 0.6) is 0 Å². The molecule has 0 unspecified atom stereocenters. The van der Waals surface area contributed by atoms with Crippen LogP contribution in [0.1, 0.15) is 26.2 Å². The van der Waals surface area contributed by atoms with Crippen LogP contribution < -0.4 is 10.6 Å². The van der Waals surface area contributed by atoms with E-state index in [1.807, 2.05) is 0 Å². The summed E-state index contributed by atoms with van der Waals surface area (Å²) < 4.78 is 2.69. The van der Waals surface area contributed by atoms with Crippen LogP contribution in [0.25, 0.3) is 0 Å². The van der Waals surface area contributed by atoms with Gasteiger partial charge < -0.3 is 15.4 Å². The molecule has 2 amide bonds. The third kappa shape index (κ3) is 11.5. The molecule has 0 radical (unpaired) electrons. The largest absolute Gasteiger partial charge is 0.466 e. The van der Waals surface area contributed by atoms with Crippen molar-refractivity contribution in [1.29, 1.82) is 0 Å². The van der Waals surface area contributed by atoms with Gasteiger partial charge in [-0.2, -0.15) is 0 Å². The van der Waals surface area contributed by atoms with Gasteiger partial charge in [0.15, 0.2) is 0 Å². The van der Waals surface area contributed by atoms with E-state index in [1.54, 1.807) is 6.92 Å². The average molecular weight is 718 g/mol. The van der Waals surface area contributed by atoms with Crippen LogP contribution in [0.4, 0.5) is 0 Å². The minimum Gasteiger partial charge on any atom is -0.466 e. The summed E-state index contributed by atoms with van der Waals surface area (Å²) in [7, 11) is 0. The Morgan fingerprint density at radius 2 is 1.39 bits per heavy atom. The van der Waals surface area contributed by atoms with Crippen molar-refractivity contribution < 1.29 is 19.1 Å². The zero-order valence-corrected chi connectivity index (χ0v) is 21.3. The lowest BCUT2D eigenvalue weighted by Crippen LogP contribution is -2.53. The van der Waals surface area contributed by atoms with Crippen LogP contribution in [-0.4, -0.2) is 34.8 Å². The molecular formula is C11H14Br6N2O4. The first-order chi connectivity index (χ1) is 10.4. The number of carbonyl (C=O) groups excluding carboxylic acids is 3. The highest BCUT2D eigenvalue weighted by Gasteiger charge is 2.34. The highest BCUT2D eigenvalue weighted by Crippen LogP contribution is 2.34. The van der Waals surface area contributed by atoms with Crippen LogP contribution >= 0.6 is 95.6 Å². The van der Waals surface area contributed by atoms with Crippen molar-refractivity contribution in [3.8, 4) is 0 Å². The molecule has 0 aromatic rings. The van der Waals surface area contributed by atoms with Gasteiger partial charge in [-0.05, 0) is 108 Å². The van der Waals surface area contributed by atoms with E-state index in [0.717, 1.165) is 0 Å². The molecule has 23 heavy (non-hydrogen) atoms. The Hall–Kier alpha value is 1.29. The number of nitrogens with one attached hydrogen (secondary N) is 2. The van der Waals surface area contributed by atoms with Gasteiger partial charge in [0.05, 0.1) is 6.61 Å². The number of halogens is 6. The Labute approximate surface area is 184 Å². The molecule has 2 N–H and O–H groups in total. The van der Waals surface area contributed by atoms with Crippen LogP contribution in [-0.2, 0) is 19.1 Å². The molecule has 0 aliphatic heterocycles. The van der Waals surface area contributed by atoms with Crippen molar-refractivity contribution in [3.05, 3.63) is 0 Å². The predicted octanol–water partition coefficient (Wildman–Crippen LogP) is 3.96. The Morgan fingerprint density at radius 3 is 1.74 bits per heavy atom. The molecule has 0 fully saturated rings. The summed E-state index contributed by atoms with van der Waals surface area (Å²) in [6, 6.07) is 0. The van der Waals surface area contributed by atoms with E-state index >= 15 is 0 Å². The molecule has 0 heterocycles. The van der Waals surface area contributed by atoms with Crippen LogP contribution in [0.15, 0.2) is 0 Å². The fraction of sp³-hybridized carbons (Fsp3) is 0.727. The van der Waals surface area contributed by atoms with Crippen molar-refractivity contribution in [1.82, 2.24) is 10.6 Å². The van der Waals surface area contributed by atoms with E-state index in [2.05, 4.69) is 106 Å². The van der Waals surface area contributed by atoms with Crippen molar-refractivity contribution in [3.63, 3.8) is 0 Å². The maximum Gasteiger partial charge on any atom is 0.305 e. The zero-order valence-electron chi connectivity index (χ0n) is 11.8. The van der Waals surface area contributed by atoms with Crippen molar-refractivity contribution in [2.75, 3.05) is 6.61 Å². The first-order valence-electron chi connectivity index (χ1n) is 6.29. The summed E-state index contributed by atoms with van der Waals surface area (Å²) in [5, 5.41) is 5.30. The number of hydrogen-bond donors (Lipinski definition) is 2. The maximum absolute atomic E-state index is 12.0. The summed E-state index contributed by atoms with van der Waals surface area (Å²) in [6.07, 6.45) is 0.488. The highest BCUT2D eigenvalue weighted by atomic mass is 80.0. The minimum absolute atomic E-state index is 0.207. The first-order valence-corrected chi connectivity index (χ1v) is 11.0. The van der Waals surface area contributed by atoms with Gasteiger partial charge in [0.25, 0.3) is 11.8 Å². The van der Waals surface area contributed by atoms with Crippen LogP contribution in [0.3, 0.4) is 0 Å². The average Bonchev–Trinajstić information content (AvgIpc) is 2.40. The summed E-state index contributed by atoms with van der Waals surface area (Å²) in [6.45, 7) is 1.91. The number of amides is 2. The minimum atomic E-state index is -1.14. The summed E-state index contributed by atoms with van der Waals surface area (Å²) in [4.78, 5) is 35.0. The SMILES string of the molecule is CCC(=O)OCCCC(NC(=O)C(Br)(Br)Br)NC(=O)C(Br)(Br)Br. The molecule has 0 spiro atoms. The van der Waals surface area contributed by atoms with Gasteiger partial charge >= 0.3 is 5.97 Å². The number of rotatable bonds is 7. The smallest absolute Gasteiger partial charge is 0.305 e. The van der Waals surface area contributed by atoms with E-state index in [0.29, 0.717) is 19.3 Å². The standard InChI is InChI=1S/C11H14Br6N2O4/c1-2-7(20)23-5-3-4-6(18-8(21)10(12,13)14)19-9(22)11(15,16)17/h6H,2-5H2,1H3,(H,18,21)(H,19,22). The molecule has 0 aliphatic rings. The van der Waals surface area contributed by atoms with Gasteiger partial charge in [-0.1, -0.05) is 6.92 Å². The fourth-order valence-corrected chi connectivity index (χ4v) is 1.92. The number of ether oxygens (including phenoxy) is 1. The van der Waals surface area contributed by atoms with E-state index in [9.17, 15) is 14.4 Å². The molecule has 0 atom stereocenters. The predicted molar refractivity (Wildman–Crippen MR) is 110 cm³/mol.